The molecule has 1 amide bonds. The van der Waals surface area contributed by atoms with Crippen LogP contribution in [0.3, 0.4) is 0 Å². The molecule has 27 heavy (non-hydrogen) atoms. The summed E-state index contributed by atoms with van der Waals surface area (Å²) < 4.78 is 0. The molecule has 3 rings (SSSR count). The lowest BCUT2D eigenvalue weighted by atomic mass is 10.1. The van der Waals surface area contributed by atoms with Crippen molar-refractivity contribution in [3.05, 3.63) is 48.3 Å². The molecule has 8 heteroatoms. The summed E-state index contributed by atoms with van der Waals surface area (Å²) in [6, 6.07) is 1.85. The fraction of sp³-hybridized carbons (Fsp3) is 0.421. The van der Waals surface area contributed by atoms with Gasteiger partial charge in [-0.05, 0) is 33.9 Å². The molecule has 142 valence electrons. The molecule has 0 bridgehead atoms. The van der Waals surface area contributed by atoms with Crippen LogP contribution >= 0.6 is 0 Å². The fourth-order valence-electron chi connectivity index (χ4n) is 3.12. The number of hydrogen-bond acceptors (Lipinski definition) is 7. The first-order chi connectivity index (χ1) is 13.0. The second-order valence-electron chi connectivity index (χ2n) is 6.80. The molecule has 0 saturated carbocycles. The molecule has 1 atom stereocenters. The maximum atomic E-state index is 12.6. The Morgan fingerprint density at radius 3 is 2.93 bits per heavy atom. The van der Waals surface area contributed by atoms with E-state index in [-0.39, 0.29) is 11.9 Å². The highest BCUT2D eigenvalue weighted by Crippen LogP contribution is 2.32. The van der Waals surface area contributed by atoms with E-state index in [4.69, 9.17) is 0 Å². The third-order valence-corrected chi connectivity index (χ3v) is 4.29. The molecule has 0 radical (unpaired) electrons. The van der Waals surface area contributed by atoms with Crippen molar-refractivity contribution >= 4 is 17.5 Å². The SMILES string of the molecule is Cc1nc(Nc2cnccn2)cc([C@@H]2CCCN2C(=O)/C=C/CN(C)C)n1. The van der Waals surface area contributed by atoms with Crippen LogP contribution in [0.15, 0.2) is 36.8 Å². The number of carbonyl (C=O) groups excluding carboxylic acids is 1. The standard InChI is InChI=1S/C19H25N7O/c1-14-22-15(12-17(23-14)24-18-13-20-8-9-21-18)16-6-4-11-26(16)19(27)7-5-10-25(2)3/h5,7-9,12-13,16H,4,6,10-11H2,1-3H3,(H,21,22,23,24)/b7-5+/t16-/m0/s1. The largest absolute Gasteiger partial charge is 0.331 e. The van der Waals surface area contributed by atoms with E-state index >= 15 is 0 Å². The summed E-state index contributed by atoms with van der Waals surface area (Å²) in [6.45, 7) is 3.33. The summed E-state index contributed by atoms with van der Waals surface area (Å²) >= 11 is 0. The minimum atomic E-state index is -0.0365. The smallest absolute Gasteiger partial charge is 0.246 e. The Morgan fingerprint density at radius 1 is 1.33 bits per heavy atom. The van der Waals surface area contributed by atoms with Crippen molar-refractivity contribution in [2.45, 2.75) is 25.8 Å². The highest BCUT2D eigenvalue weighted by atomic mass is 16.2. The van der Waals surface area contributed by atoms with E-state index < -0.39 is 0 Å². The number of aromatic nitrogens is 4. The van der Waals surface area contributed by atoms with Crippen LogP contribution in [0, 0.1) is 6.92 Å². The predicted molar refractivity (Wildman–Crippen MR) is 103 cm³/mol. The quantitative estimate of drug-likeness (QED) is 0.782. The van der Waals surface area contributed by atoms with Crippen molar-refractivity contribution in [2.24, 2.45) is 0 Å². The Labute approximate surface area is 159 Å². The number of aryl methyl sites for hydroxylation is 1. The van der Waals surface area contributed by atoms with E-state index in [1.807, 2.05) is 43.0 Å². The molecule has 0 aliphatic carbocycles. The van der Waals surface area contributed by atoms with Gasteiger partial charge in [0.05, 0.1) is 17.9 Å². The van der Waals surface area contributed by atoms with E-state index in [0.717, 1.165) is 31.6 Å². The Bertz CT molecular complexity index is 807. The molecule has 1 aliphatic rings. The molecular weight excluding hydrogens is 342 g/mol. The van der Waals surface area contributed by atoms with E-state index in [1.165, 1.54) is 0 Å². The van der Waals surface area contributed by atoms with Crippen molar-refractivity contribution in [3.63, 3.8) is 0 Å². The van der Waals surface area contributed by atoms with Crippen molar-refractivity contribution < 1.29 is 4.79 Å². The molecule has 1 saturated heterocycles. The fourth-order valence-corrected chi connectivity index (χ4v) is 3.12. The topological polar surface area (TPSA) is 87.1 Å². The number of nitrogens with one attached hydrogen (secondary N) is 1. The minimum Gasteiger partial charge on any atom is -0.331 e. The van der Waals surface area contributed by atoms with Crippen molar-refractivity contribution in [1.29, 1.82) is 0 Å². The molecule has 1 fully saturated rings. The van der Waals surface area contributed by atoms with Crippen LogP contribution in [0.25, 0.3) is 0 Å². The van der Waals surface area contributed by atoms with Gasteiger partial charge in [-0.15, -0.1) is 0 Å². The van der Waals surface area contributed by atoms with Gasteiger partial charge < -0.3 is 15.1 Å². The summed E-state index contributed by atoms with van der Waals surface area (Å²) in [4.78, 5) is 33.8. The zero-order valence-electron chi connectivity index (χ0n) is 16.0. The molecule has 2 aromatic rings. The van der Waals surface area contributed by atoms with Crippen LogP contribution in [0.5, 0.6) is 0 Å². The van der Waals surface area contributed by atoms with Crippen molar-refractivity contribution in [1.82, 2.24) is 29.7 Å². The highest BCUT2D eigenvalue weighted by Gasteiger charge is 2.30. The lowest BCUT2D eigenvalue weighted by Crippen LogP contribution is -2.30. The van der Waals surface area contributed by atoms with E-state index in [0.29, 0.717) is 17.5 Å². The van der Waals surface area contributed by atoms with Crippen molar-refractivity contribution in [3.8, 4) is 0 Å². The first kappa shape index (κ1) is 18.9. The van der Waals surface area contributed by atoms with Gasteiger partial charge in [0.2, 0.25) is 5.91 Å². The lowest BCUT2D eigenvalue weighted by Gasteiger charge is -2.23. The number of carbonyl (C=O) groups is 1. The summed E-state index contributed by atoms with van der Waals surface area (Å²) in [7, 11) is 3.95. The number of likely N-dealkylation sites (tertiary alicyclic amines) is 1. The molecule has 8 nitrogen and oxygen atoms in total. The molecule has 1 aliphatic heterocycles. The maximum Gasteiger partial charge on any atom is 0.246 e. The van der Waals surface area contributed by atoms with Crippen LogP contribution in [-0.2, 0) is 4.79 Å². The number of anilines is 2. The van der Waals surface area contributed by atoms with Gasteiger partial charge in [0.1, 0.15) is 17.5 Å². The van der Waals surface area contributed by atoms with E-state index in [9.17, 15) is 4.79 Å². The van der Waals surface area contributed by atoms with Crippen molar-refractivity contribution in [2.75, 3.05) is 32.5 Å². The van der Waals surface area contributed by atoms with Gasteiger partial charge in [0, 0.05) is 37.6 Å². The van der Waals surface area contributed by atoms with Gasteiger partial charge >= 0.3 is 0 Å². The Kier molecular flexibility index (Phi) is 6.08. The van der Waals surface area contributed by atoms with Gasteiger partial charge in [0.15, 0.2) is 0 Å². The maximum absolute atomic E-state index is 12.6. The average Bonchev–Trinajstić information content (AvgIpc) is 3.11. The average molecular weight is 367 g/mol. The Morgan fingerprint density at radius 2 is 2.19 bits per heavy atom. The van der Waals surface area contributed by atoms with E-state index in [1.54, 1.807) is 24.7 Å². The molecule has 0 aromatic carbocycles. The number of amides is 1. The number of hydrogen-bond donors (Lipinski definition) is 1. The van der Waals surface area contributed by atoms with Crippen LogP contribution < -0.4 is 5.32 Å². The zero-order chi connectivity index (χ0) is 19.2. The first-order valence-electron chi connectivity index (χ1n) is 9.03. The second-order valence-corrected chi connectivity index (χ2v) is 6.80. The van der Waals surface area contributed by atoms with Gasteiger partial charge in [-0.25, -0.2) is 15.0 Å². The third kappa shape index (κ3) is 5.07. The summed E-state index contributed by atoms with van der Waals surface area (Å²) in [6.07, 6.45) is 10.3. The van der Waals surface area contributed by atoms with Crippen LogP contribution in [0.2, 0.25) is 0 Å². The van der Waals surface area contributed by atoms with Gasteiger partial charge in [0.25, 0.3) is 0 Å². The Hall–Kier alpha value is -2.87. The number of nitrogens with zero attached hydrogens (tertiary/aromatic N) is 6. The Balaban J connectivity index is 1.78. The van der Waals surface area contributed by atoms with Gasteiger partial charge in [-0.2, -0.15) is 0 Å². The minimum absolute atomic E-state index is 0.0269. The van der Waals surface area contributed by atoms with Gasteiger partial charge in [-0.3, -0.25) is 9.78 Å². The third-order valence-electron chi connectivity index (χ3n) is 4.29. The van der Waals surface area contributed by atoms with Crippen LogP contribution in [0.4, 0.5) is 11.6 Å². The predicted octanol–water partition coefficient (Wildman–Crippen LogP) is 2.10. The summed E-state index contributed by atoms with van der Waals surface area (Å²) in [5, 5.41) is 3.15. The summed E-state index contributed by atoms with van der Waals surface area (Å²) in [5.41, 5.74) is 0.848. The molecular formula is C19H25N7O. The van der Waals surface area contributed by atoms with Gasteiger partial charge in [-0.1, -0.05) is 6.08 Å². The number of rotatable bonds is 6. The number of likely N-dealkylation sites (N-methyl/N-ethyl adjacent to an activating group) is 1. The lowest BCUT2D eigenvalue weighted by molar-refractivity contribution is -0.127. The monoisotopic (exact) mass is 367 g/mol. The molecule has 0 spiro atoms. The zero-order valence-corrected chi connectivity index (χ0v) is 16.0. The highest BCUT2D eigenvalue weighted by molar-refractivity contribution is 5.88. The summed E-state index contributed by atoms with van der Waals surface area (Å²) in [5.74, 6) is 1.95. The molecule has 1 N–H and O–H groups in total. The van der Waals surface area contributed by atoms with E-state index in [2.05, 4.69) is 25.3 Å². The van der Waals surface area contributed by atoms with Crippen LogP contribution in [-0.4, -0.2) is 62.8 Å². The molecule has 3 heterocycles. The normalized spacial score (nSPS) is 17.0. The molecule has 2 aromatic heterocycles. The first-order valence-corrected chi connectivity index (χ1v) is 9.03. The molecule has 0 unspecified atom stereocenters. The second kappa shape index (κ2) is 8.68. The van der Waals surface area contributed by atoms with Crippen LogP contribution in [0.1, 0.15) is 30.4 Å².